The zero-order valence-corrected chi connectivity index (χ0v) is 19.6. The van der Waals surface area contributed by atoms with Gasteiger partial charge in [-0.15, -0.1) is 11.3 Å². The summed E-state index contributed by atoms with van der Waals surface area (Å²) in [5.41, 5.74) is 4.82. The molecule has 2 aromatic carbocycles. The summed E-state index contributed by atoms with van der Waals surface area (Å²) >= 11 is 1.59. The SMILES string of the molecule is CS(=O)(=O)Nc1cccc(-c2cc3ncnc(NCCCc4c[nH]c5ccccc45)c3s2)c1. The highest BCUT2D eigenvalue weighted by atomic mass is 32.2. The van der Waals surface area contributed by atoms with E-state index in [1.165, 1.54) is 16.5 Å². The molecule has 0 amide bonds. The first-order chi connectivity index (χ1) is 16.0. The van der Waals surface area contributed by atoms with Crippen molar-refractivity contribution >= 4 is 54.0 Å². The molecule has 33 heavy (non-hydrogen) atoms. The van der Waals surface area contributed by atoms with Gasteiger partial charge in [-0.2, -0.15) is 0 Å². The van der Waals surface area contributed by atoms with Crippen LogP contribution in [0.5, 0.6) is 0 Å². The van der Waals surface area contributed by atoms with Crippen LogP contribution in [0.4, 0.5) is 11.5 Å². The Morgan fingerprint density at radius 3 is 2.82 bits per heavy atom. The van der Waals surface area contributed by atoms with Crippen molar-refractivity contribution in [3.63, 3.8) is 0 Å². The summed E-state index contributed by atoms with van der Waals surface area (Å²) in [5.74, 6) is 0.820. The summed E-state index contributed by atoms with van der Waals surface area (Å²) in [5, 5.41) is 4.74. The fourth-order valence-corrected chi connectivity index (χ4v) is 5.52. The Morgan fingerprint density at radius 1 is 1.06 bits per heavy atom. The van der Waals surface area contributed by atoms with Gasteiger partial charge in [-0.3, -0.25) is 4.72 Å². The highest BCUT2D eigenvalue weighted by Crippen LogP contribution is 2.36. The Labute approximate surface area is 196 Å². The topological polar surface area (TPSA) is 99.8 Å². The standard InChI is InChI=1S/C24H23N5O2S2/c1-33(30,31)29-18-8-4-6-16(12-18)22-13-21-23(32-22)24(28-15-27-21)25-11-5-7-17-14-26-20-10-3-2-9-19(17)20/h2-4,6,8-10,12-15,26,29H,5,7,11H2,1H3,(H,25,27,28). The minimum atomic E-state index is -3.33. The number of aromatic nitrogens is 3. The molecule has 3 heterocycles. The number of nitrogens with zero attached hydrogens (tertiary/aromatic N) is 2. The van der Waals surface area contributed by atoms with Crippen molar-refractivity contribution in [1.82, 2.24) is 15.0 Å². The number of para-hydroxylation sites is 1. The van der Waals surface area contributed by atoms with Crippen molar-refractivity contribution in [2.45, 2.75) is 12.8 Å². The van der Waals surface area contributed by atoms with Crippen LogP contribution in [0.15, 0.2) is 67.1 Å². The molecule has 3 N–H and O–H groups in total. The lowest BCUT2D eigenvalue weighted by atomic mass is 10.1. The fourth-order valence-electron chi connectivity index (χ4n) is 3.90. The molecule has 0 aliphatic rings. The van der Waals surface area contributed by atoms with Crippen LogP contribution in [0.3, 0.4) is 0 Å². The molecule has 0 aliphatic heterocycles. The number of hydrogen-bond donors (Lipinski definition) is 3. The number of aromatic amines is 1. The summed E-state index contributed by atoms with van der Waals surface area (Å²) in [6.45, 7) is 0.798. The number of thiophene rings is 1. The molecule has 0 unspecified atom stereocenters. The van der Waals surface area contributed by atoms with Crippen molar-refractivity contribution in [2.24, 2.45) is 0 Å². The summed E-state index contributed by atoms with van der Waals surface area (Å²) in [7, 11) is -3.33. The Bertz CT molecular complexity index is 1540. The number of aryl methyl sites for hydroxylation is 1. The van der Waals surface area contributed by atoms with Gasteiger partial charge in [0.2, 0.25) is 10.0 Å². The third-order valence-corrected chi connectivity index (χ3v) is 7.14. The lowest BCUT2D eigenvalue weighted by Gasteiger charge is -2.06. The molecule has 0 aliphatic carbocycles. The summed E-state index contributed by atoms with van der Waals surface area (Å²) in [6.07, 6.45) is 6.76. The maximum absolute atomic E-state index is 11.6. The number of hydrogen-bond acceptors (Lipinski definition) is 6. The van der Waals surface area contributed by atoms with Gasteiger partial charge in [0.05, 0.1) is 16.5 Å². The second kappa shape index (κ2) is 8.84. The molecule has 5 rings (SSSR count). The van der Waals surface area contributed by atoms with Gasteiger partial charge < -0.3 is 10.3 Å². The van der Waals surface area contributed by atoms with E-state index in [1.807, 2.05) is 30.3 Å². The average molecular weight is 478 g/mol. The fraction of sp³-hybridized carbons (Fsp3) is 0.167. The molecule has 5 aromatic rings. The van der Waals surface area contributed by atoms with Crippen molar-refractivity contribution in [2.75, 3.05) is 22.8 Å². The molecule has 7 nitrogen and oxygen atoms in total. The lowest BCUT2D eigenvalue weighted by Crippen LogP contribution is -2.09. The molecule has 3 aromatic heterocycles. The van der Waals surface area contributed by atoms with E-state index in [-0.39, 0.29) is 0 Å². The Morgan fingerprint density at radius 2 is 1.94 bits per heavy atom. The van der Waals surface area contributed by atoms with E-state index in [9.17, 15) is 8.42 Å². The molecule has 0 saturated heterocycles. The van der Waals surface area contributed by atoms with Crippen LogP contribution in [0, 0.1) is 0 Å². The minimum absolute atomic E-state index is 0.536. The number of H-pyrrole nitrogens is 1. The zero-order chi connectivity index (χ0) is 22.8. The van der Waals surface area contributed by atoms with Crippen LogP contribution in [-0.2, 0) is 16.4 Å². The molecule has 0 bridgehead atoms. The number of rotatable bonds is 8. The first-order valence-electron chi connectivity index (χ1n) is 10.6. The number of nitrogens with one attached hydrogen (secondary N) is 3. The second-order valence-electron chi connectivity index (χ2n) is 7.89. The Kier molecular flexibility index (Phi) is 5.74. The quantitative estimate of drug-likeness (QED) is 0.265. The molecule has 0 fully saturated rings. The Hall–Kier alpha value is -3.43. The monoisotopic (exact) mass is 477 g/mol. The number of anilines is 2. The van der Waals surface area contributed by atoms with Crippen LogP contribution in [0.2, 0.25) is 0 Å². The third kappa shape index (κ3) is 4.84. The largest absolute Gasteiger partial charge is 0.369 e. The van der Waals surface area contributed by atoms with Crippen molar-refractivity contribution < 1.29 is 8.42 Å². The van der Waals surface area contributed by atoms with Gasteiger partial charge in [-0.25, -0.2) is 18.4 Å². The van der Waals surface area contributed by atoms with Crippen LogP contribution in [0.1, 0.15) is 12.0 Å². The highest BCUT2D eigenvalue weighted by Gasteiger charge is 2.12. The molecule has 0 saturated carbocycles. The maximum Gasteiger partial charge on any atom is 0.229 e. The average Bonchev–Trinajstić information content (AvgIpc) is 3.41. The van der Waals surface area contributed by atoms with E-state index in [0.717, 1.165) is 52.1 Å². The van der Waals surface area contributed by atoms with E-state index in [4.69, 9.17) is 0 Å². The van der Waals surface area contributed by atoms with E-state index in [1.54, 1.807) is 23.7 Å². The Balaban J connectivity index is 1.30. The molecule has 168 valence electrons. The summed E-state index contributed by atoms with van der Waals surface area (Å²) < 4.78 is 26.6. The smallest absolute Gasteiger partial charge is 0.229 e. The summed E-state index contributed by atoms with van der Waals surface area (Å²) in [6, 6.07) is 17.7. The van der Waals surface area contributed by atoms with Crippen molar-refractivity contribution in [3.8, 4) is 10.4 Å². The first kappa shape index (κ1) is 21.4. The van der Waals surface area contributed by atoms with Gasteiger partial charge >= 0.3 is 0 Å². The third-order valence-electron chi connectivity index (χ3n) is 5.35. The van der Waals surface area contributed by atoms with Gasteiger partial charge in [-0.1, -0.05) is 30.3 Å². The van der Waals surface area contributed by atoms with Crippen LogP contribution >= 0.6 is 11.3 Å². The first-order valence-corrected chi connectivity index (χ1v) is 13.3. The van der Waals surface area contributed by atoms with Crippen LogP contribution in [-0.4, -0.2) is 36.2 Å². The maximum atomic E-state index is 11.6. The van der Waals surface area contributed by atoms with Gasteiger partial charge in [0.25, 0.3) is 0 Å². The van der Waals surface area contributed by atoms with E-state index in [0.29, 0.717) is 5.69 Å². The van der Waals surface area contributed by atoms with E-state index in [2.05, 4.69) is 49.4 Å². The van der Waals surface area contributed by atoms with Crippen molar-refractivity contribution in [3.05, 3.63) is 72.7 Å². The van der Waals surface area contributed by atoms with E-state index >= 15 is 0 Å². The predicted octanol–water partition coefficient (Wildman–Crippen LogP) is 5.26. The lowest BCUT2D eigenvalue weighted by molar-refractivity contribution is 0.607. The number of fused-ring (bicyclic) bond motifs is 2. The van der Waals surface area contributed by atoms with Gasteiger partial charge in [-0.05, 0) is 48.2 Å². The molecule has 9 heteroatoms. The second-order valence-corrected chi connectivity index (χ2v) is 10.7. The van der Waals surface area contributed by atoms with Crippen molar-refractivity contribution in [1.29, 1.82) is 0 Å². The predicted molar refractivity (Wildman–Crippen MR) is 136 cm³/mol. The normalized spacial score (nSPS) is 11.8. The van der Waals surface area contributed by atoms with E-state index < -0.39 is 10.0 Å². The summed E-state index contributed by atoms with van der Waals surface area (Å²) in [4.78, 5) is 13.2. The molecule has 0 atom stereocenters. The van der Waals surface area contributed by atoms with Crippen LogP contribution in [0.25, 0.3) is 31.6 Å². The molecule has 0 radical (unpaired) electrons. The minimum Gasteiger partial charge on any atom is -0.369 e. The number of sulfonamides is 1. The number of benzene rings is 2. The van der Waals surface area contributed by atoms with Gasteiger partial charge in [0, 0.05) is 34.2 Å². The van der Waals surface area contributed by atoms with Gasteiger partial charge in [0.1, 0.15) is 12.1 Å². The highest BCUT2D eigenvalue weighted by molar-refractivity contribution is 7.92. The molecule has 0 spiro atoms. The molecular weight excluding hydrogens is 454 g/mol. The zero-order valence-electron chi connectivity index (χ0n) is 18.0. The van der Waals surface area contributed by atoms with Crippen LogP contribution < -0.4 is 10.0 Å². The van der Waals surface area contributed by atoms with Gasteiger partial charge in [0.15, 0.2) is 0 Å². The molecular formula is C24H23N5O2S2.